The molecule has 1 aromatic heterocycles. The second-order valence-electron chi connectivity index (χ2n) is 6.82. The molecule has 2 N–H and O–H groups in total. The van der Waals surface area contributed by atoms with Crippen LogP contribution in [0.2, 0.25) is 0 Å². The van der Waals surface area contributed by atoms with Gasteiger partial charge in [0, 0.05) is 16.9 Å². The Kier molecular flexibility index (Phi) is 4.63. The van der Waals surface area contributed by atoms with Gasteiger partial charge in [0.05, 0.1) is 11.4 Å². The zero-order chi connectivity index (χ0) is 18.1. The van der Waals surface area contributed by atoms with Crippen LogP contribution in [0.15, 0.2) is 23.6 Å². The highest BCUT2D eigenvalue weighted by molar-refractivity contribution is 7.14. The molecule has 1 atom stereocenters. The molecule has 2 aliphatic rings. The van der Waals surface area contributed by atoms with E-state index in [1.807, 2.05) is 23.6 Å². The van der Waals surface area contributed by atoms with Crippen molar-refractivity contribution in [1.29, 1.82) is 0 Å². The van der Waals surface area contributed by atoms with Crippen LogP contribution >= 0.6 is 11.3 Å². The van der Waals surface area contributed by atoms with Crippen LogP contribution in [0.4, 0.5) is 10.8 Å². The lowest BCUT2D eigenvalue weighted by Crippen LogP contribution is -2.34. The van der Waals surface area contributed by atoms with Crippen molar-refractivity contribution < 1.29 is 14.3 Å². The lowest BCUT2D eigenvalue weighted by molar-refractivity contribution is -0.123. The van der Waals surface area contributed by atoms with Crippen molar-refractivity contribution in [1.82, 2.24) is 4.98 Å². The van der Waals surface area contributed by atoms with Crippen LogP contribution < -0.4 is 15.4 Å². The predicted octanol–water partition coefficient (Wildman–Crippen LogP) is 4.05. The van der Waals surface area contributed by atoms with Crippen molar-refractivity contribution in [3.05, 3.63) is 23.6 Å². The number of aromatic nitrogens is 1. The average molecular weight is 371 g/mol. The fourth-order valence-electron chi connectivity index (χ4n) is 3.40. The van der Waals surface area contributed by atoms with Gasteiger partial charge in [0.15, 0.2) is 11.2 Å². The lowest BCUT2D eigenvalue weighted by atomic mass is 9.89. The van der Waals surface area contributed by atoms with Gasteiger partial charge < -0.3 is 15.4 Å². The molecule has 1 aliphatic heterocycles. The molecule has 4 rings (SSSR count). The fraction of sp³-hybridized carbons (Fsp3) is 0.421. The Bertz CT molecular complexity index is 842. The van der Waals surface area contributed by atoms with Crippen LogP contribution in [-0.2, 0) is 9.59 Å². The number of fused-ring (bicyclic) bond motifs is 1. The van der Waals surface area contributed by atoms with E-state index in [1.54, 1.807) is 6.92 Å². The smallest absolute Gasteiger partial charge is 0.265 e. The van der Waals surface area contributed by atoms with Gasteiger partial charge in [-0.2, -0.15) is 0 Å². The maximum atomic E-state index is 12.4. The van der Waals surface area contributed by atoms with Crippen molar-refractivity contribution in [3.63, 3.8) is 0 Å². The molecule has 0 bridgehead atoms. The Hall–Kier alpha value is -2.41. The van der Waals surface area contributed by atoms with Gasteiger partial charge in [-0.05, 0) is 38.0 Å². The van der Waals surface area contributed by atoms with Crippen LogP contribution in [0, 0.1) is 5.92 Å². The number of ether oxygens (including phenoxy) is 1. The number of carbonyl (C=O) groups excluding carboxylic acids is 2. The van der Waals surface area contributed by atoms with Crippen LogP contribution in [0.3, 0.4) is 0 Å². The molecule has 7 heteroatoms. The first-order chi connectivity index (χ1) is 12.6. The van der Waals surface area contributed by atoms with Crippen LogP contribution in [0.25, 0.3) is 11.3 Å². The molecule has 1 aliphatic carbocycles. The predicted molar refractivity (Wildman–Crippen MR) is 101 cm³/mol. The number of rotatable bonds is 3. The maximum Gasteiger partial charge on any atom is 0.265 e. The SMILES string of the molecule is C[C@@H]1Oc2ccc(-c3csc(NC(=O)C4CCCCC4)n3)cc2NC1=O. The molecule has 1 aromatic carbocycles. The van der Waals surface area contributed by atoms with E-state index < -0.39 is 6.10 Å². The van der Waals surface area contributed by atoms with Crippen LogP contribution in [0.5, 0.6) is 5.75 Å². The molecule has 26 heavy (non-hydrogen) atoms. The van der Waals surface area contributed by atoms with Crippen LogP contribution in [0.1, 0.15) is 39.0 Å². The van der Waals surface area contributed by atoms with E-state index in [1.165, 1.54) is 17.8 Å². The molecule has 1 saturated carbocycles. The average Bonchev–Trinajstić information content (AvgIpc) is 3.11. The highest BCUT2D eigenvalue weighted by Gasteiger charge is 2.24. The molecule has 2 heterocycles. The van der Waals surface area contributed by atoms with E-state index in [0.717, 1.165) is 36.9 Å². The fourth-order valence-corrected chi connectivity index (χ4v) is 4.13. The summed E-state index contributed by atoms with van der Waals surface area (Å²) in [6.45, 7) is 1.72. The number of nitrogens with one attached hydrogen (secondary N) is 2. The normalized spacial score (nSPS) is 20.0. The third kappa shape index (κ3) is 3.44. The van der Waals surface area contributed by atoms with Crippen molar-refractivity contribution >= 4 is 34.0 Å². The summed E-state index contributed by atoms with van der Waals surface area (Å²) >= 11 is 1.41. The number of anilines is 2. The van der Waals surface area contributed by atoms with Gasteiger partial charge in [-0.3, -0.25) is 9.59 Å². The van der Waals surface area contributed by atoms with E-state index in [4.69, 9.17) is 4.74 Å². The maximum absolute atomic E-state index is 12.4. The van der Waals surface area contributed by atoms with Gasteiger partial charge in [-0.15, -0.1) is 11.3 Å². The molecule has 136 valence electrons. The molecular weight excluding hydrogens is 350 g/mol. The molecule has 1 fully saturated rings. The Morgan fingerprint density at radius 2 is 2.12 bits per heavy atom. The molecule has 6 nitrogen and oxygen atoms in total. The number of nitrogens with zero attached hydrogens (tertiary/aromatic N) is 1. The number of amides is 2. The molecule has 0 unspecified atom stereocenters. The van der Waals surface area contributed by atoms with E-state index in [0.29, 0.717) is 16.6 Å². The third-order valence-corrected chi connectivity index (χ3v) is 5.67. The quantitative estimate of drug-likeness (QED) is 0.853. The molecule has 2 amide bonds. The standard InChI is InChI=1S/C19H21N3O3S/c1-11-17(23)20-14-9-13(7-8-16(14)25-11)15-10-26-19(21-15)22-18(24)12-5-3-2-4-6-12/h7-12H,2-6H2,1H3,(H,20,23)(H,21,22,24)/t11-/m0/s1. The number of hydrogen-bond donors (Lipinski definition) is 2. The van der Waals surface area contributed by atoms with Crippen molar-refractivity contribution in [2.24, 2.45) is 5.92 Å². The lowest BCUT2D eigenvalue weighted by Gasteiger charge is -2.23. The van der Waals surface area contributed by atoms with Gasteiger partial charge in [-0.1, -0.05) is 19.3 Å². The summed E-state index contributed by atoms with van der Waals surface area (Å²) < 4.78 is 5.57. The van der Waals surface area contributed by atoms with E-state index >= 15 is 0 Å². The molecule has 0 saturated heterocycles. The Balaban J connectivity index is 1.48. The summed E-state index contributed by atoms with van der Waals surface area (Å²) in [7, 11) is 0. The third-order valence-electron chi connectivity index (χ3n) is 4.92. The topological polar surface area (TPSA) is 80.3 Å². The monoisotopic (exact) mass is 371 g/mol. The zero-order valence-electron chi connectivity index (χ0n) is 14.6. The highest BCUT2D eigenvalue weighted by Crippen LogP contribution is 2.35. The molecular formula is C19H21N3O3S. The zero-order valence-corrected chi connectivity index (χ0v) is 15.4. The number of thiazole rings is 1. The molecule has 2 aromatic rings. The van der Waals surface area contributed by atoms with Crippen molar-refractivity contribution in [3.8, 4) is 17.0 Å². The van der Waals surface area contributed by atoms with E-state index in [-0.39, 0.29) is 17.7 Å². The number of carbonyl (C=O) groups is 2. The van der Waals surface area contributed by atoms with E-state index in [2.05, 4.69) is 15.6 Å². The Morgan fingerprint density at radius 3 is 2.92 bits per heavy atom. The van der Waals surface area contributed by atoms with Gasteiger partial charge in [-0.25, -0.2) is 4.98 Å². The van der Waals surface area contributed by atoms with Gasteiger partial charge in [0.2, 0.25) is 5.91 Å². The summed E-state index contributed by atoms with van der Waals surface area (Å²) in [5, 5.41) is 8.32. The highest BCUT2D eigenvalue weighted by atomic mass is 32.1. The minimum atomic E-state index is -0.491. The summed E-state index contributed by atoms with van der Waals surface area (Å²) in [5.74, 6) is 0.676. The number of hydrogen-bond acceptors (Lipinski definition) is 5. The minimum Gasteiger partial charge on any atom is -0.479 e. The second kappa shape index (κ2) is 7.07. The van der Waals surface area contributed by atoms with Crippen molar-refractivity contribution in [2.75, 3.05) is 10.6 Å². The molecule has 0 radical (unpaired) electrons. The second-order valence-corrected chi connectivity index (χ2v) is 7.68. The summed E-state index contributed by atoms with van der Waals surface area (Å²) in [5.41, 5.74) is 2.28. The molecule has 0 spiro atoms. The van der Waals surface area contributed by atoms with E-state index in [9.17, 15) is 9.59 Å². The van der Waals surface area contributed by atoms with Gasteiger partial charge in [0.1, 0.15) is 5.75 Å². The largest absolute Gasteiger partial charge is 0.479 e. The first-order valence-corrected chi connectivity index (χ1v) is 9.86. The van der Waals surface area contributed by atoms with Crippen molar-refractivity contribution in [2.45, 2.75) is 45.1 Å². The number of benzene rings is 1. The summed E-state index contributed by atoms with van der Waals surface area (Å²) in [4.78, 5) is 28.7. The summed E-state index contributed by atoms with van der Waals surface area (Å²) in [6.07, 6.45) is 4.92. The summed E-state index contributed by atoms with van der Waals surface area (Å²) in [6, 6.07) is 5.59. The van der Waals surface area contributed by atoms with Gasteiger partial charge >= 0.3 is 0 Å². The van der Waals surface area contributed by atoms with Gasteiger partial charge in [0.25, 0.3) is 5.91 Å². The Labute approximate surface area is 156 Å². The Morgan fingerprint density at radius 1 is 1.31 bits per heavy atom. The first-order valence-electron chi connectivity index (χ1n) is 8.98. The minimum absolute atomic E-state index is 0.0747. The first kappa shape index (κ1) is 17.0. The van der Waals surface area contributed by atoms with Crippen LogP contribution in [-0.4, -0.2) is 22.9 Å².